The highest BCUT2D eigenvalue weighted by Crippen LogP contribution is 2.50. The lowest BCUT2D eigenvalue weighted by Gasteiger charge is -2.23. The molecule has 0 atom stereocenters. The van der Waals surface area contributed by atoms with Crippen molar-refractivity contribution >= 4 is 32.3 Å². The van der Waals surface area contributed by atoms with Gasteiger partial charge < -0.3 is 0 Å². The molecule has 8 rings (SSSR count). The molecule has 0 spiro atoms. The van der Waals surface area contributed by atoms with E-state index in [1.54, 1.807) is 0 Å². The van der Waals surface area contributed by atoms with Crippen LogP contribution in [0.4, 0.5) is 0 Å². The molecular formula is C36H25N. The lowest BCUT2D eigenvalue weighted by Crippen LogP contribution is -2.14. The molecule has 0 saturated heterocycles. The van der Waals surface area contributed by atoms with Crippen LogP contribution in [0.3, 0.4) is 0 Å². The zero-order chi connectivity index (χ0) is 24.7. The van der Waals surface area contributed by atoms with Crippen molar-refractivity contribution in [1.29, 1.82) is 0 Å². The highest BCUT2D eigenvalue weighted by atomic mass is 14.6. The summed E-state index contributed by atoms with van der Waals surface area (Å²) in [5.74, 6) is 0. The van der Waals surface area contributed by atoms with E-state index in [0.717, 1.165) is 5.56 Å². The van der Waals surface area contributed by atoms with Crippen LogP contribution in [0.1, 0.15) is 25.0 Å². The first-order valence-corrected chi connectivity index (χ1v) is 13.0. The minimum Gasteiger partial charge on any atom is -0.264 e. The number of rotatable bonds is 2. The van der Waals surface area contributed by atoms with Crippen LogP contribution in [0.5, 0.6) is 0 Å². The van der Waals surface area contributed by atoms with Gasteiger partial charge in [-0.15, -0.1) is 0 Å². The van der Waals surface area contributed by atoms with Crippen LogP contribution in [0.25, 0.3) is 65.7 Å². The van der Waals surface area contributed by atoms with Crippen LogP contribution >= 0.6 is 0 Å². The molecule has 0 radical (unpaired) electrons. The second-order valence-electron chi connectivity index (χ2n) is 10.8. The van der Waals surface area contributed by atoms with E-state index in [1.165, 1.54) is 71.3 Å². The summed E-state index contributed by atoms with van der Waals surface area (Å²) in [6.45, 7) is 4.71. The van der Waals surface area contributed by atoms with Gasteiger partial charge in [-0.3, -0.25) is 4.98 Å². The highest BCUT2D eigenvalue weighted by Gasteiger charge is 2.35. The van der Waals surface area contributed by atoms with E-state index in [1.807, 2.05) is 18.5 Å². The van der Waals surface area contributed by atoms with E-state index >= 15 is 0 Å². The molecular weight excluding hydrogens is 446 g/mol. The van der Waals surface area contributed by atoms with Crippen molar-refractivity contribution in [1.82, 2.24) is 4.98 Å². The Bertz CT molecular complexity index is 1980. The standard InChI is InChI=1S/C36H25N/c1-36(2)32-11-4-3-10-26(32)27-15-14-24(19-33(27)36)30-20-31(25-9-6-18-37-21-25)29-17-13-23-8-5-7-22-12-16-28(30)35(29)34(22)23/h3-21H,1-2H3. The van der Waals surface area contributed by atoms with Crippen molar-refractivity contribution in [2.45, 2.75) is 19.3 Å². The molecule has 1 heteroatoms. The molecule has 0 saturated carbocycles. The van der Waals surface area contributed by atoms with E-state index in [4.69, 9.17) is 0 Å². The third-order valence-corrected chi connectivity index (χ3v) is 8.51. The quantitative estimate of drug-likeness (QED) is 0.229. The number of hydrogen-bond donors (Lipinski definition) is 0. The molecule has 1 aliphatic carbocycles. The van der Waals surface area contributed by atoms with Crippen LogP contribution in [0.15, 0.2) is 116 Å². The van der Waals surface area contributed by atoms with E-state index in [-0.39, 0.29) is 5.41 Å². The van der Waals surface area contributed by atoms with Gasteiger partial charge in [-0.25, -0.2) is 0 Å². The van der Waals surface area contributed by atoms with E-state index in [2.05, 4.69) is 116 Å². The molecule has 0 bridgehead atoms. The number of benzene rings is 6. The van der Waals surface area contributed by atoms with Gasteiger partial charge in [0.1, 0.15) is 0 Å². The zero-order valence-electron chi connectivity index (χ0n) is 20.9. The lowest BCUT2D eigenvalue weighted by atomic mass is 9.80. The first-order valence-electron chi connectivity index (χ1n) is 13.0. The fourth-order valence-corrected chi connectivity index (χ4v) is 6.70. The summed E-state index contributed by atoms with van der Waals surface area (Å²) < 4.78 is 0. The number of aromatic nitrogens is 1. The van der Waals surface area contributed by atoms with Crippen LogP contribution in [0, 0.1) is 0 Å². The smallest absolute Gasteiger partial charge is 0.0346 e. The minimum atomic E-state index is -0.0299. The fourth-order valence-electron chi connectivity index (χ4n) is 6.70. The number of fused-ring (bicyclic) bond motifs is 3. The van der Waals surface area contributed by atoms with Gasteiger partial charge >= 0.3 is 0 Å². The van der Waals surface area contributed by atoms with E-state index in [9.17, 15) is 0 Å². The molecule has 0 unspecified atom stereocenters. The largest absolute Gasteiger partial charge is 0.264 e. The Morgan fingerprint density at radius 2 is 1.24 bits per heavy atom. The van der Waals surface area contributed by atoms with Crippen LogP contribution < -0.4 is 0 Å². The lowest BCUT2D eigenvalue weighted by molar-refractivity contribution is 0.660. The second kappa shape index (κ2) is 7.27. The van der Waals surface area contributed by atoms with Gasteiger partial charge in [0.15, 0.2) is 0 Å². The van der Waals surface area contributed by atoms with Crippen molar-refractivity contribution in [3.05, 3.63) is 127 Å². The Kier molecular flexibility index (Phi) is 4.06. The average Bonchev–Trinajstić information content (AvgIpc) is 3.18. The SMILES string of the molecule is CC1(C)c2ccccc2-c2ccc(-c3cc(-c4cccnc4)c4ccc5cccc6ccc3c4c56)cc21. The Balaban J connectivity index is 1.48. The molecule has 0 N–H and O–H groups in total. The summed E-state index contributed by atoms with van der Waals surface area (Å²) in [6, 6.07) is 38.3. The highest BCUT2D eigenvalue weighted by molar-refractivity contribution is 6.28. The molecule has 1 nitrogen and oxygen atoms in total. The van der Waals surface area contributed by atoms with Gasteiger partial charge in [-0.2, -0.15) is 0 Å². The molecule has 6 aromatic carbocycles. The van der Waals surface area contributed by atoms with Crippen molar-refractivity contribution in [3.63, 3.8) is 0 Å². The zero-order valence-corrected chi connectivity index (χ0v) is 20.9. The third kappa shape index (κ3) is 2.77. The number of nitrogens with zero attached hydrogens (tertiary/aromatic N) is 1. The molecule has 1 aromatic heterocycles. The summed E-state index contributed by atoms with van der Waals surface area (Å²) in [7, 11) is 0. The van der Waals surface area contributed by atoms with Gasteiger partial charge in [0.25, 0.3) is 0 Å². The Morgan fingerprint density at radius 3 is 2.00 bits per heavy atom. The fraction of sp³-hybridized carbons (Fsp3) is 0.0833. The first kappa shape index (κ1) is 20.7. The minimum absolute atomic E-state index is 0.0299. The molecule has 7 aromatic rings. The van der Waals surface area contributed by atoms with Crippen LogP contribution in [-0.2, 0) is 5.41 Å². The van der Waals surface area contributed by atoms with Gasteiger partial charge in [0.05, 0.1) is 0 Å². The number of hydrogen-bond acceptors (Lipinski definition) is 1. The normalized spacial score (nSPS) is 13.9. The summed E-state index contributed by atoms with van der Waals surface area (Å²) in [5.41, 5.74) is 10.4. The molecule has 0 fully saturated rings. The predicted octanol–water partition coefficient (Wildman–Crippen LogP) is 9.62. The summed E-state index contributed by atoms with van der Waals surface area (Å²) >= 11 is 0. The third-order valence-electron chi connectivity index (χ3n) is 8.51. The Hall–Kier alpha value is -4.49. The molecule has 1 heterocycles. The summed E-state index contributed by atoms with van der Waals surface area (Å²) in [6.07, 6.45) is 3.83. The maximum atomic E-state index is 4.46. The topological polar surface area (TPSA) is 12.9 Å². The van der Waals surface area contributed by atoms with Crippen LogP contribution in [-0.4, -0.2) is 4.98 Å². The van der Waals surface area contributed by atoms with Gasteiger partial charge in [-0.05, 0) is 89.5 Å². The average molecular weight is 472 g/mol. The molecule has 37 heavy (non-hydrogen) atoms. The maximum Gasteiger partial charge on any atom is 0.0346 e. The monoisotopic (exact) mass is 471 g/mol. The molecule has 174 valence electrons. The van der Waals surface area contributed by atoms with E-state index < -0.39 is 0 Å². The first-order chi connectivity index (χ1) is 18.1. The van der Waals surface area contributed by atoms with Crippen LogP contribution in [0.2, 0.25) is 0 Å². The molecule has 0 amide bonds. The molecule has 1 aliphatic rings. The summed E-state index contributed by atoms with van der Waals surface area (Å²) in [4.78, 5) is 4.46. The second-order valence-corrected chi connectivity index (χ2v) is 10.8. The number of pyridine rings is 1. The predicted molar refractivity (Wildman–Crippen MR) is 156 cm³/mol. The Morgan fingerprint density at radius 1 is 0.514 bits per heavy atom. The van der Waals surface area contributed by atoms with Crippen molar-refractivity contribution in [2.75, 3.05) is 0 Å². The van der Waals surface area contributed by atoms with Crippen molar-refractivity contribution < 1.29 is 0 Å². The van der Waals surface area contributed by atoms with E-state index in [0.29, 0.717) is 0 Å². The van der Waals surface area contributed by atoms with Gasteiger partial charge in [0, 0.05) is 23.4 Å². The summed E-state index contributed by atoms with van der Waals surface area (Å²) in [5, 5.41) is 7.85. The van der Waals surface area contributed by atoms with Gasteiger partial charge in [0.2, 0.25) is 0 Å². The van der Waals surface area contributed by atoms with Crippen molar-refractivity contribution in [3.8, 4) is 33.4 Å². The van der Waals surface area contributed by atoms with Crippen molar-refractivity contribution in [2.24, 2.45) is 0 Å². The van der Waals surface area contributed by atoms with Gasteiger partial charge in [-0.1, -0.05) is 98.8 Å². The Labute approximate surface area is 216 Å². The maximum absolute atomic E-state index is 4.46. The molecule has 0 aliphatic heterocycles.